The van der Waals surface area contributed by atoms with Gasteiger partial charge in [-0.1, -0.05) is 17.6 Å². The van der Waals surface area contributed by atoms with Crippen LogP contribution in [0.5, 0.6) is 0 Å². The molecule has 0 radical (unpaired) electrons. The summed E-state index contributed by atoms with van der Waals surface area (Å²) in [5.41, 5.74) is 8.97. The fourth-order valence-electron chi connectivity index (χ4n) is 3.55. The predicted octanol–water partition coefficient (Wildman–Crippen LogP) is 1.76. The highest BCUT2D eigenvalue weighted by atomic mass is 16.4. The van der Waals surface area contributed by atoms with Crippen molar-refractivity contribution in [3.63, 3.8) is 0 Å². The van der Waals surface area contributed by atoms with E-state index in [0.717, 1.165) is 30.9 Å². The normalized spacial score (nSPS) is 24.0. The van der Waals surface area contributed by atoms with Crippen molar-refractivity contribution in [2.24, 2.45) is 10.9 Å². The summed E-state index contributed by atoms with van der Waals surface area (Å²) < 4.78 is 0. The predicted molar refractivity (Wildman–Crippen MR) is 85.1 cm³/mol. The van der Waals surface area contributed by atoms with Gasteiger partial charge in [-0.2, -0.15) is 0 Å². The Labute approximate surface area is 126 Å². The molecule has 114 valence electrons. The maximum Gasteiger partial charge on any atom is 0.172 e. The van der Waals surface area contributed by atoms with Gasteiger partial charge in [0.15, 0.2) is 5.84 Å². The summed E-state index contributed by atoms with van der Waals surface area (Å²) in [6.45, 7) is 6.46. The maximum atomic E-state index is 9.00. The molecular formula is C16H24N4O. The van der Waals surface area contributed by atoms with Crippen LogP contribution in [-0.4, -0.2) is 48.2 Å². The molecule has 1 aromatic carbocycles. The van der Waals surface area contributed by atoms with Crippen LogP contribution >= 0.6 is 0 Å². The zero-order valence-corrected chi connectivity index (χ0v) is 12.6. The first kappa shape index (κ1) is 14.2. The van der Waals surface area contributed by atoms with Crippen LogP contribution in [0, 0.1) is 6.92 Å². The summed E-state index contributed by atoms with van der Waals surface area (Å²) >= 11 is 0. The van der Waals surface area contributed by atoms with E-state index < -0.39 is 0 Å². The molecule has 2 saturated heterocycles. The number of nitrogens with two attached hydrogens (primary N) is 1. The van der Waals surface area contributed by atoms with Crippen LogP contribution in [0.3, 0.4) is 0 Å². The number of anilines is 1. The largest absolute Gasteiger partial charge is 0.409 e. The lowest BCUT2D eigenvalue weighted by Gasteiger charge is -2.45. The molecule has 3 rings (SSSR count). The highest BCUT2D eigenvalue weighted by Crippen LogP contribution is 2.28. The number of amidine groups is 1. The summed E-state index contributed by atoms with van der Waals surface area (Å²) in [6, 6.07) is 6.75. The number of hydrogen-bond donors (Lipinski definition) is 2. The van der Waals surface area contributed by atoms with E-state index in [-0.39, 0.29) is 5.84 Å². The number of hydrogen-bond acceptors (Lipinski definition) is 4. The van der Waals surface area contributed by atoms with Crippen LogP contribution in [-0.2, 0) is 0 Å². The third kappa shape index (κ3) is 2.83. The second-order valence-electron chi connectivity index (χ2n) is 6.14. The molecule has 2 heterocycles. The van der Waals surface area contributed by atoms with Crippen molar-refractivity contribution in [1.29, 1.82) is 0 Å². The molecule has 2 aliphatic rings. The van der Waals surface area contributed by atoms with E-state index in [1.807, 2.05) is 12.1 Å². The third-order valence-corrected chi connectivity index (χ3v) is 4.71. The average Bonchev–Trinajstić information content (AvgIpc) is 2.53. The molecule has 0 saturated carbocycles. The molecule has 5 nitrogen and oxygen atoms in total. The van der Waals surface area contributed by atoms with Crippen LogP contribution in [0.15, 0.2) is 23.4 Å². The minimum Gasteiger partial charge on any atom is -0.409 e. The van der Waals surface area contributed by atoms with E-state index in [2.05, 4.69) is 27.9 Å². The summed E-state index contributed by atoms with van der Waals surface area (Å²) in [4.78, 5) is 5.01. The average molecular weight is 288 g/mol. The van der Waals surface area contributed by atoms with Gasteiger partial charge in [-0.3, -0.25) is 4.90 Å². The molecule has 0 amide bonds. The van der Waals surface area contributed by atoms with E-state index in [1.165, 1.54) is 31.4 Å². The van der Waals surface area contributed by atoms with Gasteiger partial charge in [-0.25, -0.2) is 0 Å². The molecule has 2 aliphatic heterocycles. The van der Waals surface area contributed by atoms with Gasteiger partial charge in [0.05, 0.1) is 0 Å². The fourth-order valence-corrected chi connectivity index (χ4v) is 3.55. The Bertz CT molecular complexity index is 543. The van der Waals surface area contributed by atoms with Gasteiger partial charge in [-0.05, 0) is 44.0 Å². The van der Waals surface area contributed by atoms with Gasteiger partial charge < -0.3 is 15.8 Å². The monoisotopic (exact) mass is 288 g/mol. The number of fused-ring (bicyclic) bond motifs is 1. The number of nitrogens with zero attached hydrogens (tertiary/aromatic N) is 3. The molecule has 21 heavy (non-hydrogen) atoms. The summed E-state index contributed by atoms with van der Waals surface area (Å²) in [5, 5.41) is 12.2. The Balaban J connectivity index is 1.87. The Morgan fingerprint density at radius 1 is 1.29 bits per heavy atom. The standard InChI is InChI=1S/C16H24N4O/c1-12-5-6-14(16(17)18-21)15(10-12)20-9-8-19-7-3-2-4-13(19)11-20/h5-6,10,13,21H,2-4,7-9,11H2,1H3,(H2,17,18). The smallest absolute Gasteiger partial charge is 0.172 e. The molecule has 1 unspecified atom stereocenters. The third-order valence-electron chi connectivity index (χ3n) is 4.71. The molecule has 2 fully saturated rings. The van der Waals surface area contributed by atoms with Crippen LogP contribution in [0.4, 0.5) is 5.69 Å². The van der Waals surface area contributed by atoms with Crippen molar-refractivity contribution in [3.8, 4) is 0 Å². The maximum absolute atomic E-state index is 9.00. The van der Waals surface area contributed by atoms with Crippen molar-refractivity contribution < 1.29 is 5.21 Å². The first-order chi connectivity index (χ1) is 10.2. The molecular weight excluding hydrogens is 264 g/mol. The number of rotatable bonds is 2. The van der Waals surface area contributed by atoms with E-state index in [4.69, 9.17) is 10.9 Å². The molecule has 1 atom stereocenters. The van der Waals surface area contributed by atoms with Crippen molar-refractivity contribution >= 4 is 11.5 Å². The van der Waals surface area contributed by atoms with E-state index in [1.54, 1.807) is 0 Å². The highest BCUT2D eigenvalue weighted by Gasteiger charge is 2.30. The van der Waals surface area contributed by atoms with Gasteiger partial charge in [0.25, 0.3) is 0 Å². The SMILES string of the molecule is Cc1ccc(/C(N)=N/O)c(N2CCN3CCCCC3C2)c1. The molecule has 1 aromatic rings. The minimum atomic E-state index is 0.191. The van der Waals surface area contributed by atoms with Crippen molar-refractivity contribution in [3.05, 3.63) is 29.3 Å². The molecule has 5 heteroatoms. The van der Waals surface area contributed by atoms with E-state index >= 15 is 0 Å². The Morgan fingerprint density at radius 2 is 2.14 bits per heavy atom. The molecule has 0 spiro atoms. The minimum absolute atomic E-state index is 0.191. The van der Waals surface area contributed by atoms with Crippen LogP contribution < -0.4 is 10.6 Å². The Kier molecular flexibility index (Phi) is 4.01. The number of piperazine rings is 1. The second kappa shape index (κ2) is 5.93. The number of benzene rings is 1. The topological polar surface area (TPSA) is 65.1 Å². The summed E-state index contributed by atoms with van der Waals surface area (Å²) in [7, 11) is 0. The summed E-state index contributed by atoms with van der Waals surface area (Å²) in [5.74, 6) is 0.191. The van der Waals surface area contributed by atoms with E-state index in [9.17, 15) is 0 Å². The lowest BCUT2D eigenvalue weighted by atomic mass is 9.98. The van der Waals surface area contributed by atoms with Crippen molar-refractivity contribution in [2.75, 3.05) is 31.1 Å². The highest BCUT2D eigenvalue weighted by molar-refractivity contribution is 6.02. The lowest BCUT2D eigenvalue weighted by Crippen LogP contribution is -2.55. The Hall–Kier alpha value is -1.75. The quantitative estimate of drug-likeness (QED) is 0.377. The van der Waals surface area contributed by atoms with Crippen LogP contribution in [0.25, 0.3) is 0 Å². The number of piperidine rings is 1. The molecule has 0 bridgehead atoms. The Morgan fingerprint density at radius 3 is 2.95 bits per heavy atom. The first-order valence-electron chi connectivity index (χ1n) is 7.76. The van der Waals surface area contributed by atoms with Gasteiger partial charge in [0.1, 0.15) is 0 Å². The zero-order chi connectivity index (χ0) is 14.8. The van der Waals surface area contributed by atoms with Crippen molar-refractivity contribution in [1.82, 2.24) is 4.90 Å². The molecule has 3 N–H and O–H groups in total. The number of aryl methyl sites for hydroxylation is 1. The lowest BCUT2D eigenvalue weighted by molar-refractivity contribution is 0.133. The first-order valence-corrected chi connectivity index (χ1v) is 7.76. The second-order valence-corrected chi connectivity index (χ2v) is 6.14. The van der Waals surface area contributed by atoms with Gasteiger partial charge in [0, 0.05) is 36.9 Å². The molecule has 0 aliphatic carbocycles. The number of oxime groups is 1. The van der Waals surface area contributed by atoms with Crippen molar-refractivity contribution in [2.45, 2.75) is 32.2 Å². The van der Waals surface area contributed by atoms with E-state index in [0.29, 0.717) is 6.04 Å². The van der Waals surface area contributed by atoms with Gasteiger partial charge in [0.2, 0.25) is 0 Å². The fraction of sp³-hybridized carbons (Fsp3) is 0.562. The molecule has 0 aromatic heterocycles. The van der Waals surface area contributed by atoms with Crippen LogP contribution in [0.1, 0.15) is 30.4 Å². The van der Waals surface area contributed by atoms with Gasteiger partial charge in [-0.15, -0.1) is 0 Å². The zero-order valence-electron chi connectivity index (χ0n) is 12.6. The summed E-state index contributed by atoms with van der Waals surface area (Å²) in [6.07, 6.45) is 3.94. The van der Waals surface area contributed by atoms with Gasteiger partial charge >= 0.3 is 0 Å². The van der Waals surface area contributed by atoms with Crippen LogP contribution in [0.2, 0.25) is 0 Å².